The van der Waals surface area contributed by atoms with Gasteiger partial charge in [-0.2, -0.15) is 0 Å². The van der Waals surface area contributed by atoms with Crippen molar-refractivity contribution in [2.24, 2.45) is 0 Å². The first kappa shape index (κ1) is 11.0. The van der Waals surface area contributed by atoms with Gasteiger partial charge in [0.05, 0.1) is 11.1 Å². The van der Waals surface area contributed by atoms with E-state index in [-0.39, 0.29) is 12.4 Å². The molecule has 3 nitrogen and oxygen atoms in total. The number of hydrogen-bond donors (Lipinski definition) is 0. The Morgan fingerprint density at radius 3 is 2.86 bits per heavy atom. The van der Waals surface area contributed by atoms with Crippen molar-refractivity contribution >= 4 is 22.1 Å². The van der Waals surface area contributed by atoms with Gasteiger partial charge in [-0.1, -0.05) is 0 Å². The van der Waals surface area contributed by atoms with Gasteiger partial charge in [0.1, 0.15) is 11.6 Å². The van der Waals surface area contributed by atoms with Gasteiger partial charge in [-0.3, -0.25) is 0 Å². The zero-order valence-electron chi connectivity index (χ0n) is 7.42. The Morgan fingerprint density at radius 1 is 1.57 bits per heavy atom. The Bertz CT molecular complexity index is 341. The minimum Gasteiger partial charge on any atom is -0.434 e. The van der Waals surface area contributed by atoms with Crippen LogP contribution < -0.4 is 4.74 Å². The molecule has 14 heavy (non-hydrogen) atoms. The van der Waals surface area contributed by atoms with Crippen LogP contribution in [0.25, 0.3) is 0 Å². The lowest BCUT2D eigenvalue weighted by molar-refractivity contribution is 0.104. The van der Waals surface area contributed by atoms with Gasteiger partial charge in [0.2, 0.25) is 0 Å². The van der Waals surface area contributed by atoms with Crippen molar-refractivity contribution < 1.29 is 18.7 Å². The number of ether oxygens (including phenoxy) is 2. The van der Waals surface area contributed by atoms with Gasteiger partial charge < -0.3 is 9.47 Å². The average molecular weight is 263 g/mol. The maximum atomic E-state index is 12.6. The fourth-order valence-electron chi connectivity index (χ4n) is 0.795. The van der Waals surface area contributed by atoms with Gasteiger partial charge in [0, 0.05) is 0 Å². The van der Waals surface area contributed by atoms with Gasteiger partial charge in [0.15, 0.2) is 0 Å². The van der Waals surface area contributed by atoms with Gasteiger partial charge in [0.25, 0.3) is 0 Å². The van der Waals surface area contributed by atoms with Crippen LogP contribution in [0.1, 0.15) is 6.92 Å². The van der Waals surface area contributed by atoms with E-state index in [1.54, 1.807) is 6.92 Å². The molecular formula is C9H8BrFO3. The summed E-state index contributed by atoms with van der Waals surface area (Å²) in [6.07, 6.45) is -0.806. The summed E-state index contributed by atoms with van der Waals surface area (Å²) in [5.74, 6) is -0.182. The zero-order chi connectivity index (χ0) is 10.6. The lowest BCUT2D eigenvalue weighted by Gasteiger charge is -2.05. The third kappa shape index (κ3) is 2.99. The van der Waals surface area contributed by atoms with Crippen molar-refractivity contribution in [2.75, 3.05) is 6.61 Å². The first-order valence-electron chi connectivity index (χ1n) is 3.93. The molecule has 0 bridgehead atoms. The lowest BCUT2D eigenvalue weighted by Crippen LogP contribution is -2.10. The summed E-state index contributed by atoms with van der Waals surface area (Å²) in [4.78, 5) is 10.9. The Hall–Kier alpha value is -1.10. The topological polar surface area (TPSA) is 35.5 Å². The van der Waals surface area contributed by atoms with E-state index in [1.165, 1.54) is 18.2 Å². The summed E-state index contributed by atoms with van der Waals surface area (Å²) in [6, 6.07) is 3.74. The molecular weight excluding hydrogens is 255 g/mol. The van der Waals surface area contributed by atoms with Crippen molar-refractivity contribution in [3.63, 3.8) is 0 Å². The zero-order valence-corrected chi connectivity index (χ0v) is 9.01. The van der Waals surface area contributed by atoms with Gasteiger partial charge in [-0.15, -0.1) is 0 Å². The molecule has 0 saturated heterocycles. The molecule has 0 aliphatic heterocycles. The van der Waals surface area contributed by atoms with Crippen molar-refractivity contribution in [2.45, 2.75) is 6.92 Å². The van der Waals surface area contributed by atoms with E-state index in [2.05, 4.69) is 20.7 Å². The Kier molecular flexibility index (Phi) is 3.88. The molecule has 1 aromatic carbocycles. The van der Waals surface area contributed by atoms with Crippen LogP contribution in [0.5, 0.6) is 5.75 Å². The molecule has 0 aromatic heterocycles. The molecule has 0 saturated carbocycles. The fourth-order valence-corrected chi connectivity index (χ4v) is 1.23. The summed E-state index contributed by atoms with van der Waals surface area (Å²) in [7, 11) is 0. The summed E-state index contributed by atoms with van der Waals surface area (Å²) in [5.41, 5.74) is 0. The van der Waals surface area contributed by atoms with Gasteiger partial charge >= 0.3 is 6.16 Å². The summed E-state index contributed by atoms with van der Waals surface area (Å²) in [5, 5.41) is 0. The van der Waals surface area contributed by atoms with Crippen LogP contribution in [-0.2, 0) is 4.74 Å². The van der Waals surface area contributed by atoms with E-state index < -0.39 is 12.0 Å². The lowest BCUT2D eigenvalue weighted by atomic mass is 10.3. The standard InChI is InChI=1S/C9H8BrFO3/c1-2-13-9(12)14-8-4-3-6(11)5-7(8)10/h3-5H,2H2,1H3. The maximum absolute atomic E-state index is 12.6. The van der Waals surface area contributed by atoms with E-state index in [1.807, 2.05) is 0 Å². The minimum atomic E-state index is -0.806. The van der Waals surface area contributed by atoms with E-state index in [0.29, 0.717) is 4.47 Å². The van der Waals surface area contributed by atoms with Gasteiger partial charge in [-0.05, 0) is 41.1 Å². The van der Waals surface area contributed by atoms with E-state index in [9.17, 15) is 9.18 Å². The average Bonchev–Trinajstić information content (AvgIpc) is 2.10. The molecule has 0 aliphatic carbocycles. The first-order chi connectivity index (χ1) is 6.63. The van der Waals surface area contributed by atoms with E-state index >= 15 is 0 Å². The van der Waals surface area contributed by atoms with Crippen LogP contribution in [0.15, 0.2) is 22.7 Å². The highest BCUT2D eigenvalue weighted by Crippen LogP contribution is 2.25. The maximum Gasteiger partial charge on any atom is 0.513 e. The highest BCUT2D eigenvalue weighted by molar-refractivity contribution is 9.10. The van der Waals surface area contributed by atoms with Crippen LogP contribution in [0, 0.1) is 5.82 Å². The summed E-state index contributed by atoms with van der Waals surface area (Å²) in [6.45, 7) is 1.90. The van der Waals surface area contributed by atoms with Crippen LogP contribution in [-0.4, -0.2) is 12.8 Å². The van der Waals surface area contributed by atoms with Gasteiger partial charge in [-0.25, -0.2) is 9.18 Å². The molecule has 1 rings (SSSR count). The molecule has 0 aliphatic rings. The quantitative estimate of drug-likeness (QED) is 0.607. The largest absolute Gasteiger partial charge is 0.513 e. The number of rotatable bonds is 2. The molecule has 1 aromatic rings. The number of hydrogen-bond acceptors (Lipinski definition) is 3. The fraction of sp³-hybridized carbons (Fsp3) is 0.222. The molecule has 5 heteroatoms. The second-order valence-corrected chi connectivity index (χ2v) is 3.21. The predicted molar refractivity (Wildman–Crippen MR) is 51.8 cm³/mol. The SMILES string of the molecule is CCOC(=O)Oc1ccc(F)cc1Br. The Balaban J connectivity index is 2.72. The van der Waals surface area contributed by atoms with E-state index in [4.69, 9.17) is 4.74 Å². The Labute approximate surface area is 88.9 Å². The van der Waals surface area contributed by atoms with Crippen LogP contribution in [0.3, 0.4) is 0 Å². The van der Waals surface area contributed by atoms with Crippen LogP contribution >= 0.6 is 15.9 Å². The third-order valence-electron chi connectivity index (χ3n) is 1.35. The summed E-state index contributed by atoms with van der Waals surface area (Å²) >= 11 is 3.05. The molecule has 0 heterocycles. The number of carbonyl (C=O) groups excluding carboxylic acids is 1. The molecule has 0 spiro atoms. The second-order valence-electron chi connectivity index (χ2n) is 2.36. The van der Waals surface area contributed by atoms with Crippen molar-refractivity contribution in [1.82, 2.24) is 0 Å². The molecule has 0 atom stereocenters. The molecule has 76 valence electrons. The molecule has 0 amide bonds. The predicted octanol–water partition coefficient (Wildman–Crippen LogP) is 3.12. The van der Waals surface area contributed by atoms with Crippen LogP contribution in [0.2, 0.25) is 0 Å². The highest BCUT2D eigenvalue weighted by Gasteiger charge is 2.08. The molecule has 0 radical (unpaired) electrons. The smallest absolute Gasteiger partial charge is 0.434 e. The van der Waals surface area contributed by atoms with Crippen molar-refractivity contribution in [3.05, 3.63) is 28.5 Å². The molecule has 0 fully saturated rings. The number of benzene rings is 1. The second kappa shape index (κ2) is 4.95. The van der Waals surface area contributed by atoms with Crippen LogP contribution in [0.4, 0.5) is 9.18 Å². The summed E-state index contributed by atoms with van der Waals surface area (Å²) < 4.78 is 22.3. The number of halogens is 2. The van der Waals surface area contributed by atoms with E-state index in [0.717, 1.165) is 0 Å². The van der Waals surface area contributed by atoms with Crippen molar-refractivity contribution in [1.29, 1.82) is 0 Å². The normalized spacial score (nSPS) is 9.64. The Morgan fingerprint density at radius 2 is 2.29 bits per heavy atom. The number of carbonyl (C=O) groups is 1. The third-order valence-corrected chi connectivity index (χ3v) is 1.97. The molecule has 0 N–H and O–H groups in total. The van der Waals surface area contributed by atoms with Crippen molar-refractivity contribution in [3.8, 4) is 5.75 Å². The minimum absolute atomic E-state index is 0.227. The monoisotopic (exact) mass is 262 g/mol. The highest BCUT2D eigenvalue weighted by atomic mass is 79.9. The first-order valence-corrected chi connectivity index (χ1v) is 4.72. The molecule has 0 unspecified atom stereocenters.